The van der Waals surface area contributed by atoms with E-state index in [-0.39, 0.29) is 22.3 Å². The van der Waals surface area contributed by atoms with Gasteiger partial charge in [0.2, 0.25) is 5.76 Å². The molecule has 0 N–H and O–H groups in total. The lowest BCUT2D eigenvalue weighted by atomic mass is 9.98. The van der Waals surface area contributed by atoms with E-state index >= 15 is 0 Å². The minimum atomic E-state index is -0.743. The number of nitrogens with zero attached hydrogens (tertiary/aromatic N) is 1. The number of carbonyl (C=O) groups excluding carboxylic acids is 1. The lowest BCUT2D eigenvalue weighted by molar-refractivity contribution is 0.0971. The number of amides is 1. The van der Waals surface area contributed by atoms with E-state index in [0.717, 1.165) is 10.5 Å². The van der Waals surface area contributed by atoms with Crippen LogP contribution < -0.4 is 10.3 Å². The van der Waals surface area contributed by atoms with E-state index in [4.69, 9.17) is 16.0 Å². The second kappa shape index (κ2) is 7.07. The van der Waals surface area contributed by atoms with Gasteiger partial charge in [-0.25, -0.2) is 4.39 Å². The SMILES string of the molecule is O=C1c2oc3ccc(F)cc3c(=O)c2C(c2cccc(Br)c2)N1c1cccc(Cl)c1. The molecule has 1 aromatic heterocycles. The van der Waals surface area contributed by atoms with E-state index in [1.54, 1.807) is 24.3 Å². The number of benzene rings is 3. The first-order valence-electron chi connectivity index (χ1n) is 9.05. The molecule has 7 heteroatoms. The average Bonchev–Trinajstić information content (AvgIpc) is 3.01. The lowest BCUT2D eigenvalue weighted by Crippen LogP contribution is -2.29. The molecule has 5 rings (SSSR count). The molecule has 4 nitrogen and oxygen atoms in total. The molecule has 0 saturated heterocycles. The third kappa shape index (κ3) is 2.95. The predicted molar refractivity (Wildman–Crippen MR) is 117 cm³/mol. The molecule has 148 valence electrons. The summed E-state index contributed by atoms with van der Waals surface area (Å²) >= 11 is 9.61. The highest BCUT2D eigenvalue weighted by atomic mass is 79.9. The third-order valence-corrected chi connectivity index (χ3v) is 5.81. The van der Waals surface area contributed by atoms with Crippen LogP contribution >= 0.6 is 27.5 Å². The van der Waals surface area contributed by atoms with Gasteiger partial charge >= 0.3 is 0 Å². The molecule has 30 heavy (non-hydrogen) atoms. The molecule has 0 bridgehead atoms. The van der Waals surface area contributed by atoms with E-state index in [2.05, 4.69) is 15.9 Å². The van der Waals surface area contributed by atoms with Crippen LogP contribution in [0.1, 0.15) is 27.7 Å². The van der Waals surface area contributed by atoms with Crippen LogP contribution in [-0.4, -0.2) is 5.91 Å². The molecule has 3 aromatic carbocycles. The highest BCUT2D eigenvalue weighted by Gasteiger charge is 2.43. The highest BCUT2D eigenvalue weighted by Crippen LogP contribution is 2.42. The number of hydrogen-bond acceptors (Lipinski definition) is 3. The topological polar surface area (TPSA) is 50.5 Å². The Morgan fingerprint density at radius 2 is 1.80 bits per heavy atom. The van der Waals surface area contributed by atoms with Gasteiger partial charge in [-0.2, -0.15) is 0 Å². The summed E-state index contributed by atoms with van der Waals surface area (Å²) < 4.78 is 20.4. The molecular weight excluding hydrogens is 473 g/mol. The third-order valence-electron chi connectivity index (χ3n) is 5.08. The quantitative estimate of drug-likeness (QED) is 0.345. The molecule has 4 aromatic rings. The maximum absolute atomic E-state index is 13.8. The lowest BCUT2D eigenvalue weighted by Gasteiger charge is -2.25. The van der Waals surface area contributed by atoms with Crippen LogP contribution in [0.4, 0.5) is 10.1 Å². The molecule has 2 heterocycles. The van der Waals surface area contributed by atoms with E-state index in [1.165, 1.54) is 17.0 Å². The first kappa shape index (κ1) is 19.0. The van der Waals surface area contributed by atoms with Gasteiger partial charge in [0.05, 0.1) is 17.0 Å². The van der Waals surface area contributed by atoms with Gasteiger partial charge in [-0.05, 0) is 54.1 Å². The van der Waals surface area contributed by atoms with Crippen LogP contribution in [0.3, 0.4) is 0 Å². The molecule has 0 aliphatic carbocycles. The number of hydrogen-bond donors (Lipinski definition) is 0. The Morgan fingerprint density at radius 1 is 1.00 bits per heavy atom. The summed E-state index contributed by atoms with van der Waals surface area (Å²) in [7, 11) is 0. The number of rotatable bonds is 2. The van der Waals surface area contributed by atoms with Crippen molar-refractivity contribution in [2.24, 2.45) is 0 Å². The fourth-order valence-electron chi connectivity index (χ4n) is 3.83. The van der Waals surface area contributed by atoms with Crippen molar-refractivity contribution < 1.29 is 13.6 Å². The normalized spacial score (nSPS) is 15.6. The average molecular weight is 485 g/mol. The van der Waals surface area contributed by atoms with Crippen molar-refractivity contribution >= 4 is 50.1 Å². The zero-order chi connectivity index (χ0) is 21.0. The molecular formula is C23H12BrClFNO3. The van der Waals surface area contributed by atoms with Crippen LogP contribution in [0.2, 0.25) is 5.02 Å². The molecule has 1 aliphatic rings. The Kier molecular flexibility index (Phi) is 4.49. The minimum absolute atomic E-state index is 0.0518. The van der Waals surface area contributed by atoms with E-state index < -0.39 is 23.2 Å². The molecule has 1 unspecified atom stereocenters. The molecule has 0 spiro atoms. The largest absolute Gasteiger partial charge is 0.450 e. The van der Waals surface area contributed by atoms with Crippen molar-refractivity contribution in [2.45, 2.75) is 6.04 Å². The van der Waals surface area contributed by atoms with Gasteiger partial charge in [-0.1, -0.05) is 45.7 Å². The van der Waals surface area contributed by atoms with Crippen molar-refractivity contribution in [1.82, 2.24) is 0 Å². The van der Waals surface area contributed by atoms with E-state index in [9.17, 15) is 14.0 Å². The zero-order valence-electron chi connectivity index (χ0n) is 15.2. The van der Waals surface area contributed by atoms with Gasteiger partial charge in [0.1, 0.15) is 11.4 Å². The summed E-state index contributed by atoms with van der Waals surface area (Å²) in [5, 5.41) is 0.547. The fraction of sp³-hybridized carbons (Fsp3) is 0.0435. The smallest absolute Gasteiger partial charge is 0.295 e. The van der Waals surface area contributed by atoms with Gasteiger partial charge in [-0.15, -0.1) is 0 Å². The second-order valence-electron chi connectivity index (χ2n) is 6.93. The van der Waals surface area contributed by atoms with E-state index in [1.807, 2.05) is 24.3 Å². The molecule has 1 amide bonds. The molecule has 0 fully saturated rings. The summed E-state index contributed by atoms with van der Waals surface area (Å²) in [6.07, 6.45) is 0. The summed E-state index contributed by atoms with van der Waals surface area (Å²) in [4.78, 5) is 28.3. The van der Waals surface area contributed by atoms with Crippen LogP contribution in [0.15, 0.2) is 80.4 Å². The van der Waals surface area contributed by atoms with Crippen molar-refractivity contribution in [3.05, 3.63) is 109 Å². The Labute approximate surface area is 183 Å². The Morgan fingerprint density at radius 3 is 2.57 bits per heavy atom. The monoisotopic (exact) mass is 483 g/mol. The minimum Gasteiger partial charge on any atom is -0.450 e. The molecule has 1 atom stereocenters. The summed E-state index contributed by atoms with van der Waals surface area (Å²) in [5.41, 5.74) is 1.14. The van der Waals surface area contributed by atoms with Gasteiger partial charge in [0.25, 0.3) is 5.91 Å². The standard InChI is InChI=1S/C23H12BrClFNO3/c24-13-4-1-3-12(9-13)20-19-21(28)17-11-15(26)7-8-18(17)30-22(19)23(29)27(20)16-6-2-5-14(25)10-16/h1-11,20H. The van der Waals surface area contributed by atoms with E-state index in [0.29, 0.717) is 16.3 Å². The maximum Gasteiger partial charge on any atom is 0.295 e. The molecule has 0 radical (unpaired) electrons. The predicted octanol–water partition coefficient (Wildman–Crippen LogP) is 6.10. The first-order valence-corrected chi connectivity index (χ1v) is 10.2. The number of carbonyl (C=O) groups is 1. The number of fused-ring (bicyclic) bond motifs is 2. The number of halogens is 3. The van der Waals surface area contributed by atoms with Crippen LogP contribution in [0.5, 0.6) is 0 Å². The number of anilines is 1. The van der Waals surface area contributed by atoms with Crippen molar-refractivity contribution in [2.75, 3.05) is 4.90 Å². The van der Waals surface area contributed by atoms with Gasteiger partial charge in [0, 0.05) is 15.2 Å². The summed E-state index contributed by atoms with van der Waals surface area (Å²) in [5.74, 6) is -1.06. The maximum atomic E-state index is 13.8. The van der Waals surface area contributed by atoms with Crippen LogP contribution in [0.25, 0.3) is 11.0 Å². The highest BCUT2D eigenvalue weighted by molar-refractivity contribution is 9.10. The van der Waals surface area contributed by atoms with Gasteiger partial charge < -0.3 is 4.42 Å². The van der Waals surface area contributed by atoms with Crippen molar-refractivity contribution in [3.8, 4) is 0 Å². The van der Waals surface area contributed by atoms with Crippen LogP contribution in [0, 0.1) is 5.82 Å². The Hall–Kier alpha value is -2.96. The Bertz CT molecular complexity index is 1400. The van der Waals surface area contributed by atoms with Gasteiger partial charge in [-0.3, -0.25) is 14.5 Å². The molecule has 1 aliphatic heterocycles. The Balaban J connectivity index is 1.84. The summed E-state index contributed by atoms with van der Waals surface area (Å²) in [6.45, 7) is 0. The summed E-state index contributed by atoms with van der Waals surface area (Å²) in [6, 6.07) is 17.1. The first-order chi connectivity index (χ1) is 14.4. The fourth-order valence-corrected chi connectivity index (χ4v) is 4.43. The van der Waals surface area contributed by atoms with Gasteiger partial charge in [0.15, 0.2) is 5.43 Å². The van der Waals surface area contributed by atoms with Crippen molar-refractivity contribution in [3.63, 3.8) is 0 Å². The molecule has 0 saturated carbocycles. The van der Waals surface area contributed by atoms with Crippen molar-refractivity contribution in [1.29, 1.82) is 0 Å². The second-order valence-corrected chi connectivity index (χ2v) is 8.28. The zero-order valence-corrected chi connectivity index (χ0v) is 17.6. The van der Waals surface area contributed by atoms with Crippen LogP contribution in [-0.2, 0) is 0 Å².